The number of ether oxygens (including phenoxy) is 1. The quantitative estimate of drug-likeness (QED) is 0.257. The SMILES string of the molecule is CN(Cc1c(C=O)cccc1CCCCCOc1cccc2cnccc12)C1CCC(=O)NC1=O. The van der Waals surface area contributed by atoms with Crippen molar-refractivity contribution in [2.24, 2.45) is 0 Å². The number of aryl methyl sites for hydroxylation is 1. The van der Waals surface area contributed by atoms with Crippen molar-refractivity contribution in [3.63, 3.8) is 0 Å². The predicted octanol–water partition coefficient (Wildman–Crippen LogP) is 4.08. The maximum absolute atomic E-state index is 12.3. The van der Waals surface area contributed by atoms with E-state index in [9.17, 15) is 14.4 Å². The fourth-order valence-electron chi connectivity index (χ4n) is 4.65. The summed E-state index contributed by atoms with van der Waals surface area (Å²) in [5, 5.41) is 4.54. The summed E-state index contributed by atoms with van der Waals surface area (Å²) in [6, 6.07) is 13.4. The van der Waals surface area contributed by atoms with Gasteiger partial charge in [-0.1, -0.05) is 30.3 Å². The fourth-order valence-corrected chi connectivity index (χ4v) is 4.65. The molecule has 4 rings (SSSR count). The fraction of sp³-hybridized carbons (Fsp3) is 0.357. The lowest BCUT2D eigenvalue weighted by Crippen LogP contribution is -2.51. The van der Waals surface area contributed by atoms with Crippen molar-refractivity contribution < 1.29 is 19.1 Å². The lowest BCUT2D eigenvalue weighted by Gasteiger charge is -2.30. The number of imide groups is 1. The summed E-state index contributed by atoms with van der Waals surface area (Å²) in [5.74, 6) is 0.383. The van der Waals surface area contributed by atoms with Crippen LogP contribution in [0.3, 0.4) is 0 Å². The lowest BCUT2D eigenvalue weighted by atomic mass is 9.95. The van der Waals surface area contributed by atoms with E-state index in [4.69, 9.17) is 4.74 Å². The minimum atomic E-state index is -0.373. The van der Waals surface area contributed by atoms with E-state index in [1.54, 1.807) is 6.20 Å². The molecule has 1 aromatic heterocycles. The summed E-state index contributed by atoms with van der Waals surface area (Å²) in [4.78, 5) is 41.6. The minimum Gasteiger partial charge on any atom is -0.493 e. The summed E-state index contributed by atoms with van der Waals surface area (Å²) < 4.78 is 6.03. The highest BCUT2D eigenvalue weighted by Crippen LogP contribution is 2.25. The summed E-state index contributed by atoms with van der Waals surface area (Å²) in [6.07, 6.45) is 9.07. The van der Waals surface area contributed by atoms with Crippen molar-refractivity contribution in [2.45, 2.75) is 51.1 Å². The molecule has 0 bridgehead atoms. The van der Waals surface area contributed by atoms with E-state index in [0.29, 0.717) is 31.6 Å². The lowest BCUT2D eigenvalue weighted by molar-refractivity contribution is -0.137. The number of nitrogens with zero attached hydrogens (tertiary/aromatic N) is 2. The molecule has 2 aromatic carbocycles. The van der Waals surface area contributed by atoms with Crippen LogP contribution >= 0.6 is 0 Å². The smallest absolute Gasteiger partial charge is 0.243 e. The Bertz CT molecular complexity index is 1200. The van der Waals surface area contributed by atoms with Gasteiger partial charge in [0.05, 0.1) is 12.6 Å². The van der Waals surface area contributed by atoms with E-state index >= 15 is 0 Å². The van der Waals surface area contributed by atoms with Gasteiger partial charge in [-0.25, -0.2) is 0 Å². The van der Waals surface area contributed by atoms with Gasteiger partial charge >= 0.3 is 0 Å². The summed E-state index contributed by atoms with van der Waals surface area (Å²) >= 11 is 0. The topological polar surface area (TPSA) is 88.6 Å². The number of unbranched alkanes of at least 4 members (excludes halogenated alkanes) is 2. The molecule has 1 fully saturated rings. The number of carbonyl (C=O) groups is 3. The third-order valence-corrected chi connectivity index (χ3v) is 6.57. The zero-order valence-corrected chi connectivity index (χ0v) is 20.0. The van der Waals surface area contributed by atoms with E-state index < -0.39 is 0 Å². The maximum Gasteiger partial charge on any atom is 0.243 e. The average molecular weight is 474 g/mol. The molecule has 7 heteroatoms. The Morgan fingerprint density at radius 2 is 1.97 bits per heavy atom. The Kier molecular flexibility index (Phi) is 8.21. The third kappa shape index (κ3) is 6.11. The molecule has 1 atom stereocenters. The number of benzene rings is 2. The molecule has 0 radical (unpaired) electrons. The van der Waals surface area contributed by atoms with Crippen LogP contribution in [0.15, 0.2) is 54.9 Å². The number of hydrogen-bond donors (Lipinski definition) is 1. The first-order valence-corrected chi connectivity index (χ1v) is 12.1. The second kappa shape index (κ2) is 11.7. The Hall–Kier alpha value is -3.58. The zero-order chi connectivity index (χ0) is 24.6. The van der Waals surface area contributed by atoms with Crippen molar-refractivity contribution >= 4 is 28.9 Å². The van der Waals surface area contributed by atoms with Crippen LogP contribution in [0.5, 0.6) is 5.75 Å². The first-order valence-electron chi connectivity index (χ1n) is 12.1. The number of pyridine rings is 1. The number of aromatic nitrogens is 1. The highest BCUT2D eigenvalue weighted by Gasteiger charge is 2.30. The van der Waals surface area contributed by atoms with Crippen molar-refractivity contribution in [1.82, 2.24) is 15.2 Å². The number of carbonyl (C=O) groups excluding carboxylic acids is 3. The third-order valence-electron chi connectivity index (χ3n) is 6.57. The standard InChI is InChI=1S/C28H31N3O4/c1-31(25-12-13-27(33)30-28(25)34)18-24-20(8-5-10-22(24)19-32)7-3-2-4-16-35-26-11-6-9-21-17-29-15-14-23(21)26/h5-6,8-11,14-15,17,19,25H,2-4,7,12-13,16,18H2,1H3,(H,30,33,34). The molecule has 3 aromatic rings. The Balaban J connectivity index is 1.31. The highest BCUT2D eigenvalue weighted by atomic mass is 16.5. The first-order chi connectivity index (χ1) is 17.1. The second-order valence-electron chi connectivity index (χ2n) is 9.00. The molecular formula is C28H31N3O4. The molecule has 1 aliphatic rings. The van der Waals surface area contributed by atoms with E-state index in [1.165, 1.54) is 0 Å². The molecule has 7 nitrogen and oxygen atoms in total. The van der Waals surface area contributed by atoms with Crippen LogP contribution in [-0.2, 0) is 22.6 Å². The summed E-state index contributed by atoms with van der Waals surface area (Å²) in [5.41, 5.74) is 2.72. The average Bonchev–Trinajstić information content (AvgIpc) is 2.86. The van der Waals surface area contributed by atoms with Gasteiger partial charge in [-0.05, 0) is 62.4 Å². The van der Waals surface area contributed by atoms with Crippen LogP contribution in [-0.4, -0.2) is 47.7 Å². The number of amides is 2. The van der Waals surface area contributed by atoms with Crippen LogP contribution in [0.2, 0.25) is 0 Å². The van der Waals surface area contributed by atoms with Crippen molar-refractivity contribution in [2.75, 3.05) is 13.7 Å². The molecule has 182 valence electrons. The van der Waals surface area contributed by atoms with Crippen molar-refractivity contribution in [3.05, 3.63) is 71.5 Å². The summed E-state index contributed by atoms with van der Waals surface area (Å²) in [7, 11) is 1.87. The molecule has 35 heavy (non-hydrogen) atoms. The Morgan fingerprint density at radius 3 is 2.80 bits per heavy atom. The molecule has 1 unspecified atom stereocenters. The van der Waals surface area contributed by atoms with E-state index in [-0.39, 0.29) is 17.9 Å². The van der Waals surface area contributed by atoms with Gasteiger partial charge in [0.1, 0.15) is 12.0 Å². The maximum atomic E-state index is 12.3. The molecule has 0 aliphatic carbocycles. The molecule has 0 spiro atoms. The molecule has 0 saturated carbocycles. The molecule has 1 saturated heterocycles. The normalized spacial score (nSPS) is 15.9. The monoisotopic (exact) mass is 473 g/mol. The molecule has 2 heterocycles. The number of fused-ring (bicyclic) bond motifs is 1. The molecular weight excluding hydrogens is 442 g/mol. The van der Waals surface area contributed by atoms with E-state index in [1.807, 2.05) is 54.5 Å². The van der Waals surface area contributed by atoms with Crippen LogP contribution in [0, 0.1) is 0 Å². The largest absolute Gasteiger partial charge is 0.493 e. The van der Waals surface area contributed by atoms with Gasteiger partial charge in [0, 0.05) is 41.7 Å². The predicted molar refractivity (Wildman–Crippen MR) is 134 cm³/mol. The van der Waals surface area contributed by atoms with Gasteiger partial charge in [0.15, 0.2) is 0 Å². The van der Waals surface area contributed by atoms with Gasteiger partial charge in [0.25, 0.3) is 0 Å². The zero-order valence-electron chi connectivity index (χ0n) is 20.0. The first kappa shape index (κ1) is 24.5. The Morgan fingerprint density at radius 1 is 1.11 bits per heavy atom. The number of hydrogen-bond acceptors (Lipinski definition) is 6. The number of likely N-dealkylation sites (N-methyl/N-ethyl adjacent to an activating group) is 1. The van der Waals surface area contributed by atoms with Crippen molar-refractivity contribution in [1.29, 1.82) is 0 Å². The Labute approximate surface area is 205 Å². The van der Waals surface area contributed by atoms with Gasteiger partial charge < -0.3 is 4.74 Å². The van der Waals surface area contributed by atoms with Gasteiger partial charge in [-0.15, -0.1) is 0 Å². The number of nitrogens with one attached hydrogen (secondary N) is 1. The van der Waals surface area contributed by atoms with E-state index in [2.05, 4.69) is 16.4 Å². The van der Waals surface area contributed by atoms with Crippen LogP contribution in [0.1, 0.15) is 53.6 Å². The molecule has 1 aliphatic heterocycles. The number of rotatable bonds is 11. The second-order valence-corrected chi connectivity index (χ2v) is 9.00. The van der Waals surface area contributed by atoms with Crippen LogP contribution in [0.25, 0.3) is 10.8 Å². The van der Waals surface area contributed by atoms with Crippen LogP contribution in [0.4, 0.5) is 0 Å². The molecule has 2 amide bonds. The van der Waals surface area contributed by atoms with Gasteiger partial charge in [-0.3, -0.25) is 29.6 Å². The number of piperidine rings is 1. The van der Waals surface area contributed by atoms with Crippen molar-refractivity contribution in [3.8, 4) is 5.75 Å². The number of aldehydes is 1. The highest BCUT2D eigenvalue weighted by molar-refractivity contribution is 6.00. The van der Waals surface area contributed by atoms with Crippen LogP contribution < -0.4 is 10.1 Å². The minimum absolute atomic E-state index is 0.227. The van der Waals surface area contributed by atoms with Gasteiger partial charge in [-0.2, -0.15) is 0 Å². The van der Waals surface area contributed by atoms with E-state index in [0.717, 1.165) is 59.6 Å². The van der Waals surface area contributed by atoms with Gasteiger partial charge in [0.2, 0.25) is 11.8 Å². The molecule has 1 N–H and O–H groups in total. The summed E-state index contributed by atoms with van der Waals surface area (Å²) in [6.45, 7) is 1.12.